The summed E-state index contributed by atoms with van der Waals surface area (Å²) in [6, 6.07) is 7.60. The van der Waals surface area contributed by atoms with Crippen LogP contribution in [0.15, 0.2) is 36.7 Å². The number of carbonyl (C=O) groups excluding carboxylic acids is 1. The first-order valence-electron chi connectivity index (χ1n) is 7.80. The summed E-state index contributed by atoms with van der Waals surface area (Å²) in [4.78, 5) is 28.0. The zero-order valence-corrected chi connectivity index (χ0v) is 15.4. The highest BCUT2D eigenvalue weighted by Gasteiger charge is 2.17. The van der Waals surface area contributed by atoms with Gasteiger partial charge < -0.3 is 10.2 Å². The first-order chi connectivity index (χ1) is 12.0. The molecule has 2 heterocycles. The van der Waals surface area contributed by atoms with Crippen molar-refractivity contribution in [2.75, 3.05) is 24.3 Å². The van der Waals surface area contributed by atoms with Gasteiger partial charge in [0.2, 0.25) is 0 Å². The van der Waals surface area contributed by atoms with Crippen molar-refractivity contribution in [3.8, 4) is 10.8 Å². The van der Waals surface area contributed by atoms with Gasteiger partial charge in [0.05, 0.1) is 5.69 Å². The van der Waals surface area contributed by atoms with Gasteiger partial charge in [0.15, 0.2) is 10.8 Å². The van der Waals surface area contributed by atoms with Gasteiger partial charge in [0.25, 0.3) is 5.91 Å². The van der Waals surface area contributed by atoms with E-state index in [2.05, 4.69) is 20.3 Å². The first-order valence-corrected chi connectivity index (χ1v) is 8.61. The van der Waals surface area contributed by atoms with Crippen molar-refractivity contribution < 1.29 is 4.79 Å². The number of nitrogens with zero attached hydrogens (tertiary/aromatic N) is 4. The number of hydrogen-bond donors (Lipinski definition) is 1. The molecule has 3 rings (SSSR count). The predicted octanol–water partition coefficient (Wildman–Crippen LogP) is 3.54. The van der Waals surface area contributed by atoms with Crippen LogP contribution in [0.4, 0.5) is 11.4 Å². The van der Waals surface area contributed by atoms with Gasteiger partial charge in [-0.3, -0.25) is 4.79 Å². The van der Waals surface area contributed by atoms with Crippen molar-refractivity contribution in [2.24, 2.45) is 0 Å². The molecule has 0 fully saturated rings. The summed E-state index contributed by atoms with van der Waals surface area (Å²) in [6.07, 6.45) is 3.32. The molecule has 2 aromatic heterocycles. The van der Waals surface area contributed by atoms with Crippen molar-refractivity contribution in [2.45, 2.75) is 13.8 Å². The molecule has 1 aromatic carbocycles. The number of carbonyl (C=O) groups is 1. The van der Waals surface area contributed by atoms with Gasteiger partial charge in [-0.15, -0.1) is 11.3 Å². The van der Waals surface area contributed by atoms with E-state index in [1.165, 1.54) is 11.3 Å². The molecule has 0 radical (unpaired) electrons. The van der Waals surface area contributed by atoms with Gasteiger partial charge in [0.1, 0.15) is 4.88 Å². The average Bonchev–Trinajstić information content (AvgIpc) is 2.97. The molecule has 25 heavy (non-hydrogen) atoms. The van der Waals surface area contributed by atoms with Crippen LogP contribution in [0, 0.1) is 13.8 Å². The molecule has 0 aliphatic rings. The van der Waals surface area contributed by atoms with E-state index in [1.54, 1.807) is 18.5 Å². The fourth-order valence-corrected chi connectivity index (χ4v) is 3.44. The van der Waals surface area contributed by atoms with Crippen LogP contribution in [0.5, 0.6) is 0 Å². The van der Waals surface area contributed by atoms with Crippen molar-refractivity contribution >= 4 is 28.6 Å². The van der Waals surface area contributed by atoms with Crippen molar-refractivity contribution in [3.63, 3.8) is 0 Å². The molecule has 6 nitrogen and oxygen atoms in total. The standard InChI is InChI=1S/C18H19N5OS/c1-11-10-13(6-7-14(11)23(3)4)22-17(24)15-12(2)21-18(25-15)16-19-8-5-9-20-16/h5-10H,1-4H3,(H,22,24). The Bertz CT molecular complexity index is 905. The molecule has 0 saturated carbocycles. The van der Waals surface area contributed by atoms with Gasteiger partial charge in [0, 0.05) is 37.9 Å². The van der Waals surface area contributed by atoms with Crippen LogP contribution < -0.4 is 10.2 Å². The highest BCUT2D eigenvalue weighted by molar-refractivity contribution is 7.17. The summed E-state index contributed by atoms with van der Waals surface area (Å²) in [7, 11) is 3.99. The molecule has 128 valence electrons. The fraction of sp³-hybridized carbons (Fsp3) is 0.222. The topological polar surface area (TPSA) is 71.0 Å². The van der Waals surface area contributed by atoms with Crippen molar-refractivity contribution in [1.82, 2.24) is 15.0 Å². The third-order valence-electron chi connectivity index (χ3n) is 3.70. The van der Waals surface area contributed by atoms with E-state index in [4.69, 9.17) is 0 Å². The summed E-state index contributed by atoms with van der Waals surface area (Å²) in [5.74, 6) is 0.356. The van der Waals surface area contributed by atoms with E-state index < -0.39 is 0 Å². The zero-order chi connectivity index (χ0) is 18.0. The minimum atomic E-state index is -0.172. The normalized spacial score (nSPS) is 10.6. The number of hydrogen-bond acceptors (Lipinski definition) is 6. The van der Waals surface area contributed by atoms with Gasteiger partial charge in [-0.1, -0.05) is 0 Å². The van der Waals surface area contributed by atoms with Crippen LogP contribution in [-0.2, 0) is 0 Å². The predicted molar refractivity (Wildman–Crippen MR) is 101 cm³/mol. The lowest BCUT2D eigenvalue weighted by Crippen LogP contribution is -2.13. The van der Waals surface area contributed by atoms with Crippen LogP contribution >= 0.6 is 11.3 Å². The minimum Gasteiger partial charge on any atom is -0.377 e. The molecule has 7 heteroatoms. The molecule has 0 aliphatic heterocycles. The first kappa shape index (κ1) is 17.0. The number of thiazole rings is 1. The Morgan fingerprint density at radius 2 is 1.88 bits per heavy atom. The molecule has 0 bridgehead atoms. The molecule has 0 unspecified atom stereocenters. The summed E-state index contributed by atoms with van der Waals surface area (Å²) < 4.78 is 0. The zero-order valence-electron chi connectivity index (χ0n) is 14.6. The molecule has 0 spiro atoms. The average molecular weight is 353 g/mol. The van der Waals surface area contributed by atoms with Crippen LogP contribution in [0.3, 0.4) is 0 Å². The maximum atomic E-state index is 12.6. The highest BCUT2D eigenvalue weighted by Crippen LogP contribution is 2.27. The quantitative estimate of drug-likeness (QED) is 0.777. The summed E-state index contributed by atoms with van der Waals surface area (Å²) in [5, 5.41) is 3.58. The van der Waals surface area contributed by atoms with Crippen molar-refractivity contribution in [1.29, 1.82) is 0 Å². The SMILES string of the molecule is Cc1cc(NC(=O)c2sc(-c3ncccn3)nc2C)ccc1N(C)C. The third kappa shape index (κ3) is 3.66. The van der Waals surface area contributed by atoms with Gasteiger partial charge in [-0.05, 0) is 43.7 Å². The van der Waals surface area contributed by atoms with E-state index >= 15 is 0 Å². The number of nitrogens with one attached hydrogen (secondary N) is 1. The Labute approximate surface area is 150 Å². The molecular formula is C18H19N5OS. The Hall–Kier alpha value is -2.80. The summed E-state index contributed by atoms with van der Waals surface area (Å²) in [6.45, 7) is 3.84. The van der Waals surface area contributed by atoms with E-state index in [0.29, 0.717) is 21.4 Å². The lowest BCUT2D eigenvalue weighted by Gasteiger charge is -2.16. The maximum Gasteiger partial charge on any atom is 0.267 e. The van der Waals surface area contributed by atoms with Gasteiger partial charge in [-0.25, -0.2) is 15.0 Å². The Kier molecular flexibility index (Phi) is 4.76. The van der Waals surface area contributed by atoms with Crippen LogP contribution in [0.25, 0.3) is 10.8 Å². The number of amides is 1. The maximum absolute atomic E-state index is 12.6. The second-order valence-electron chi connectivity index (χ2n) is 5.86. The number of aryl methyl sites for hydroxylation is 2. The monoisotopic (exact) mass is 353 g/mol. The number of rotatable bonds is 4. The smallest absolute Gasteiger partial charge is 0.267 e. The second-order valence-corrected chi connectivity index (χ2v) is 6.85. The lowest BCUT2D eigenvalue weighted by molar-refractivity contribution is 0.103. The van der Waals surface area contributed by atoms with E-state index in [-0.39, 0.29) is 5.91 Å². The summed E-state index contributed by atoms with van der Waals surface area (Å²) >= 11 is 1.30. The van der Waals surface area contributed by atoms with Gasteiger partial charge in [-0.2, -0.15) is 0 Å². The largest absolute Gasteiger partial charge is 0.377 e. The third-order valence-corrected chi connectivity index (χ3v) is 4.85. The molecule has 1 amide bonds. The van der Waals surface area contributed by atoms with Crippen LogP contribution in [0.2, 0.25) is 0 Å². The molecule has 3 aromatic rings. The molecule has 0 atom stereocenters. The second kappa shape index (κ2) is 6.98. The van der Waals surface area contributed by atoms with Gasteiger partial charge >= 0.3 is 0 Å². The fourth-order valence-electron chi connectivity index (χ4n) is 2.54. The Morgan fingerprint density at radius 1 is 1.16 bits per heavy atom. The Morgan fingerprint density at radius 3 is 2.52 bits per heavy atom. The van der Waals surface area contributed by atoms with E-state index in [9.17, 15) is 4.79 Å². The minimum absolute atomic E-state index is 0.172. The molecule has 0 aliphatic carbocycles. The number of anilines is 2. The van der Waals surface area contributed by atoms with Crippen molar-refractivity contribution in [3.05, 3.63) is 52.8 Å². The highest BCUT2D eigenvalue weighted by atomic mass is 32.1. The van der Waals surface area contributed by atoms with E-state index in [1.807, 2.05) is 51.0 Å². The molecular weight excluding hydrogens is 334 g/mol. The van der Waals surface area contributed by atoms with Crippen LogP contribution in [-0.4, -0.2) is 35.0 Å². The molecule has 0 saturated heterocycles. The van der Waals surface area contributed by atoms with E-state index in [0.717, 1.165) is 16.9 Å². The van der Waals surface area contributed by atoms with Crippen LogP contribution in [0.1, 0.15) is 20.9 Å². The number of aromatic nitrogens is 3. The Balaban J connectivity index is 1.82. The summed E-state index contributed by atoms with van der Waals surface area (Å²) in [5.41, 5.74) is 3.66. The lowest BCUT2D eigenvalue weighted by atomic mass is 10.1. The molecule has 1 N–H and O–H groups in total. The number of benzene rings is 1.